The van der Waals surface area contributed by atoms with Crippen LogP contribution in [0.1, 0.15) is 5.56 Å². The van der Waals surface area contributed by atoms with E-state index in [0.29, 0.717) is 5.56 Å². The lowest BCUT2D eigenvalue weighted by Crippen LogP contribution is -2.31. The van der Waals surface area contributed by atoms with Crippen LogP contribution < -0.4 is 10.5 Å². The van der Waals surface area contributed by atoms with Gasteiger partial charge >= 0.3 is 11.9 Å². The molecule has 0 aromatic heterocycles. The number of ether oxygens (including phenoxy) is 1. The maximum Gasteiger partial charge on any atom is 0.396 e. The number of primary sulfonamides is 1. The standard InChI is InChI=1S/C10H12N2O5S/c1-17-10(14)9(13)12-6-7-2-4-8(5-3-7)18(11,15)16/h2-5H,6H2,1H3,(H,12,13)(H2,11,15,16). The van der Waals surface area contributed by atoms with E-state index in [-0.39, 0.29) is 11.4 Å². The number of amides is 1. The van der Waals surface area contributed by atoms with Crippen molar-refractivity contribution in [3.8, 4) is 0 Å². The lowest BCUT2D eigenvalue weighted by molar-refractivity contribution is -0.152. The Kier molecular flexibility index (Phi) is 4.40. The van der Waals surface area contributed by atoms with Gasteiger partial charge in [-0.3, -0.25) is 4.79 Å². The molecular weight excluding hydrogens is 260 g/mol. The van der Waals surface area contributed by atoms with Crippen LogP contribution in [0.5, 0.6) is 0 Å². The van der Waals surface area contributed by atoms with Crippen molar-refractivity contribution in [2.24, 2.45) is 5.14 Å². The fraction of sp³-hybridized carbons (Fsp3) is 0.200. The van der Waals surface area contributed by atoms with Crippen molar-refractivity contribution < 1.29 is 22.7 Å². The summed E-state index contributed by atoms with van der Waals surface area (Å²) in [5.41, 5.74) is 0.625. The molecule has 0 aliphatic rings. The number of hydrogen-bond acceptors (Lipinski definition) is 5. The number of nitrogens with two attached hydrogens (primary N) is 1. The molecule has 18 heavy (non-hydrogen) atoms. The predicted octanol–water partition coefficient (Wildman–Crippen LogP) is -0.877. The second kappa shape index (κ2) is 5.61. The summed E-state index contributed by atoms with van der Waals surface area (Å²) in [6.45, 7) is 0.0822. The van der Waals surface area contributed by atoms with Gasteiger partial charge in [0, 0.05) is 6.54 Å². The minimum atomic E-state index is -3.73. The van der Waals surface area contributed by atoms with Crippen molar-refractivity contribution in [1.29, 1.82) is 0 Å². The number of carbonyl (C=O) groups excluding carboxylic acids is 2. The average molecular weight is 272 g/mol. The second-order valence-corrected chi connectivity index (χ2v) is 4.92. The monoisotopic (exact) mass is 272 g/mol. The normalized spacial score (nSPS) is 10.8. The van der Waals surface area contributed by atoms with Gasteiger partial charge in [-0.15, -0.1) is 0 Å². The van der Waals surface area contributed by atoms with E-state index < -0.39 is 21.9 Å². The molecular formula is C10H12N2O5S. The molecule has 0 saturated carbocycles. The minimum absolute atomic E-state index is 0.0226. The van der Waals surface area contributed by atoms with Crippen LogP contribution in [-0.2, 0) is 30.9 Å². The highest BCUT2D eigenvalue weighted by atomic mass is 32.2. The van der Waals surface area contributed by atoms with E-state index >= 15 is 0 Å². The smallest absolute Gasteiger partial charge is 0.396 e. The van der Waals surface area contributed by atoms with Crippen molar-refractivity contribution in [1.82, 2.24) is 5.32 Å². The van der Waals surface area contributed by atoms with Crippen LogP contribution >= 0.6 is 0 Å². The molecule has 1 aromatic rings. The quantitative estimate of drug-likeness (QED) is 0.547. The fourth-order valence-corrected chi connectivity index (χ4v) is 1.66. The maximum atomic E-state index is 11.1. The third-order valence-electron chi connectivity index (χ3n) is 2.08. The van der Waals surface area contributed by atoms with Gasteiger partial charge in [-0.1, -0.05) is 12.1 Å². The molecule has 1 amide bonds. The van der Waals surface area contributed by atoms with Gasteiger partial charge in [0.05, 0.1) is 12.0 Å². The number of esters is 1. The summed E-state index contributed by atoms with van der Waals surface area (Å²) in [7, 11) is -2.63. The molecule has 0 aliphatic carbocycles. The topological polar surface area (TPSA) is 116 Å². The molecule has 0 fully saturated rings. The van der Waals surface area contributed by atoms with Crippen LogP contribution in [0.4, 0.5) is 0 Å². The van der Waals surface area contributed by atoms with E-state index in [4.69, 9.17) is 5.14 Å². The number of methoxy groups -OCH3 is 1. The first-order valence-corrected chi connectivity index (χ1v) is 6.37. The first kappa shape index (κ1) is 14.1. The second-order valence-electron chi connectivity index (χ2n) is 3.36. The van der Waals surface area contributed by atoms with E-state index in [1.54, 1.807) is 0 Å². The summed E-state index contributed by atoms with van der Waals surface area (Å²) < 4.78 is 26.2. The van der Waals surface area contributed by atoms with Crippen LogP contribution in [0.15, 0.2) is 29.2 Å². The van der Waals surface area contributed by atoms with E-state index in [2.05, 4.69) is 10.1 Å². The molecule has 0 saturated heterocycles. The van der Waals surface area contributed by atoms with Gasteiger partial charge in [0.15, 0.2) is 0 Å². The first-order chi connectivity index (χ1) is 8.34. The summed E-state index contributed by atoms with van der Waals surface area (Å²) in [6, 6.07) is 5.60. The zero-order chi connectivity index (χ0) is 13.8. The zero-order valence-corrected chi connectivity index (χ0v) is 10.4. The van der Waals surface area contributed by atoms with Crippen LogP contribution in [0.3, 0.4) is 0 Å². The van der Waals surface area contributed by atoms with Gasteiger partial charge in [-0.25, -0.2) is 18.4 Å². The van der Waals surface area contributed by atoms with Crippen molar-refractivity contribution in [3.05, 3.63) is 29.8 Å². The SMILES string of the molecule is COC(=O)C(=O)NCc1ccc(S(N)(=O)=O)cc1. The van der Waals surface area contributed by atoms with Crippen LogP contribution in [0, 0.1) is 0 Å². The third-order valence-corrected chi connectivity index (χ3v) is 3.00. The Morgan fingerprint density at radius 3 is 2.28 bits per heavy atom. The summed E-state index contributed by atoms with van der Waals surface area (Å²) in [5.74, 6) is -1.86. The van der Waals surface area contributed by atoms with Gasteiger partial charge in [0.2, 0.25) is 10.0 Å². The number of hydrogen-bond donors (Lipinski definition) is 2. The van der Waals surface area contributed by atoms with Crippen molar-refractivity contribution in [2.45, 2.75) is 11.4 Å². The summed E-state index contributed by atoms with van der Waals surface area (Å²) in [4.78, 5) is 21.8. The molecule has 0 radical (unpaired) electrons. The maximum absolute atomic E-state index is 11.1. The minimum Gasteiger partial charge on any atom is -0.462 e. The van der Waals surface area contributed by atoms with Crippen LogP contribution in [0.2, 0.25) is 0 Å². The highest BCUT2D eigenvalue weighted by Crippen LogP contribution is 2.08. The predicted molar refractivity (Wildman–Crippen MR) is 61.7 cm³/mol. The van der Waals surface area contributed by atoms with Crippen molar-refractivity contribution in [3.63, 3.8) is 0 Å². The van der Waals surface area contributed by atoms with Gasteiger partial charge in [0.25, 0.3) is 0 Å². The highest BCUT2D eigenvalue weighted by molar-refractivity contribution is 7.89. The molecule has 1 rings (SSSR count). The third kappa shape index (κ3) is 3.82. The molecule has 0 aliphatic heterocycles. The Morgan fingerprint density at radius 2 is 1.83 bits per heavy atom. The molecule has 0 heterocycles. The number of nitrogens with one attached hydrogen (secondary N) is 1. The van der Waals surface area contributed by atoms with Crippen LogP contribution in [-0.4, -0.2) is 27.4 Å². The average Bonchev–Trinajstić information content (AvgIpc) is 2.34. The number of sulfonamides is 1. The molecule has 0 unspecified atom stereocenters. The molecule has 0 bridgehead atoms. The van der Waals surface area contributed by atoms with E-state index in [1.165, 1.54) is 24.3 Å². The van der Waals surface area contributed by atoms with E-state index in [9.17, 15) is 18.0 Å². The van der Waals surface area contributed by atoms with Crippen molar-refractivity contribution >= 4 is 21.9 Å². The molecule has 0 atom stereocenters. The Bertz CT molecular complexity index is 550. The summed E-state index contributed by atoms with van der Waals surface area (Å²) in [6.07, 6.45) is 0. The van der Waals surface area contributed by atoms with Gasteiger partial charge in [0.1, 0.15) is 0 Å². The van der Waals surface area contributed by atoms with Gasteiger partial charge in [-0.05, 0) is 17.7 Å². The highest BCUT2D eigenvalue weighted by Gasteiger charge is 2.13. The largest absolute Gasteiger partial charge is 0.462 e. The summed E-state index contributed by atoms with van der Waals surface area (Å²) >= 11 is 0. The van der Waals surface area contributed by atoms with E-state index in [1.807, 2.05) is 0 Å². The van der Waals surface area contributed by atoms with E-state index in [0.717, 1.165) is 7.11 Å². The fourth-order valence-electron chi connectivity index (χ4n) is 1.14. The molecule has 0 spiro atoms. The zero-order valence-electron chi connectivity index (χ0n) is 9.54. The lowest BCUT2D eigenvalue weighted by Gasteiger charge is -2.04. The Hall–Kier alpha value is -1.93. The van der Waals surface area contributed by atoms with Gasteiger partial charge < -0.3 is 10.1 Å². The summed E-state index contributed by atoms with van der Waals surface area (Å²) in [5, 5.41) is 7.24. The molecule has 1 aromatic carbocycles. The molecule has 7 nitrogen and oxygen atoms in total. The molecule has 98 valence electrons. The molecule has 3 N–H and O–H groups in total. The Labute approximate surface area is 104 Å². The Morgan fingerprint density at radius 1 is 1.28 bits per heavy atom. The number of benzene rings is 1. The van der Waals surface area contributed by atoms with Crippen molar-refractivity contribution in [2.75, 3.05) is 7.11 Å². The Balaban J connectivity index is 2.66. The van der Waals surface area contributed by atoms with Crippen LogP contribution in [0.25, 0.3) is 0 Å². The number of carbonyl (C=O) groups is 2. The first-order valence-electron chi connectivity index (χ1n) is 4.82. The number of rotatable bonds is 3. The molecule has 8 heteroatoms. The van der Waals surface area contributed by atoms with Gasteiger partial charge in [-0.2, -0.15) is 0 Å². The lowest BCUT2D eigenvalue weighted by atomic mass is 10.2.